The second-order valence-electron chi connectivity index (χ2n) is 4.10. The van der Waals surface area contributed by atoms with Crippen molar-refractivity contribution < 1.29 is 13.6 Å². The number of aryl methyl sites for hydroxylation is 1. The van der Waals surface area contributed by atoms with Gasteiger partial charge in [-0.3, -0.25) is 4.79 Å². The minimum absolute atomic E-state index is 0.195. The Morgan fingerprint density at radius 3 is 2.53 bits per heavy atom. The first kappa shape index (κ1) is 13.7. The number of anilines is 1. The molecule has 2 nitrogen and oxygen atoms in total. The van der Waals surface area contributed by atoms with Gasteiger partial charge < -0.3 is 5.32 Å². The van der Waals surface area contributed by atoms with Gasteiger partial charge in [0.15, 0.2) is 0 Å². The molecule has 0 heterocycles. The summed E-state index contributed by atoms with van der Waals surface area (Å²) in [6.07, 6.45) is 0. The van der Waals surface area contributed by atoms with Crippen molar-refractivity contribution in [2.24, 2.45) is 0 Å². The largest absolute Gasteiger partial charge is 0.322 e. The SMILES string of the molecule is Cc1cc(Br)cc(NC(=O)c2ccc(F)cc2F)c1. The van der Waals surface area contributed by atoms with Crippen LogP contribution >= 0.6 is 15.9 Å². The Balaban J connectivity index is 2.25. The van der Waals surface area contributed by atoms with Crippen LogP contribution in [0.2, 0.25) is 0 Å². The minimum Gasteiger partial charge on any atom is -0.322 e. The summed E-state index contributed by atoms with van der Waals surface area (Å²) < 4.78 is 27.0. The monoisotopic (exact) mass is 325 g/mol. The molecular weight excluding hydrogens is 316 g/mol. The summed E-state index contributed by atoms with van der Waals surface area (Å²) in [5.74, 6) is -2.22. The van der Waals surface area contributed by atoms with Crippen LogP contribution in [0.1, 0.15) is 15.9 Å². The Labute approximate surface area is 117 Å². The van der Waals surface area contributed by atoms with E-state index in [0.717, 1.165) is 22.2 Å². The zero-order valence-corrected chi connectivity index (χ0v) is 11.6. The number of amides is 1. The van der Waals surface area contributed by atoms with Gasteiger partial charge in [0.25, 0.3) is 5.91 Å². The van der Waals surface area contributed by atoms with E-state index in [2.05, 4.69) is 21.2 Å². The number of carbonyl (C=O) groups is 1. The predicted octanol–water partition coefficient (Wildman–Crippen LogP) is 4.29. The standard InChI is InChI=1S/C14H10BrF2NO/c1-8-4-9(15)6-11(5-8)18-14(19)12-3-2-10(16)7-13(12)17/h2-7H,1H3,(H,18,19). The van der Waals surface area contributed by atoms with E-state index in [4.69, 9.17) is 0 Å². The molecule has 0 spiro atoms. The number of hydrogen-bond donors (Lipinski definition) is 1. The zero-order valence-electron chi connectivity index (χ0n) is 10.0. The molecule has 1 amide bonds. The minimum atomic E-state index is -0.885. The first-order chi connectivity index (χ1) is 8.95. The fraction of sp³-hybridized carbons (Fsp3) is 0.0714. The fourth-order valence-electron chi connectivity index (χ4n) is 1.68. The van der Waals surface area contributed by atoms with Crippen molar-refractivity contribution in [1.82, 2.24) is 0 Å². The van der Waals surface area contributed by atoms with Crippen molar-refractivity contribution in [3.05, 3.63) is 63.6 Å². The molecule has 0 bridgehead atoms. The number of benzene rings is 2. The molecule has 2 aromatic rings. The quantitative estimate of drug-likeness (QED) is 0.876. The highest BCUT2D eigenvalue weighted by Crippen LogP contribution is 2.20. The average Bonchev–Trinajstić information content (AvgIpc) is 2.26. The third-order valence-electron chi connectivity index (χ3n) is 2.48. The maximum absolute atomic E-state index is 13.5. The topological polar surface area (TPSA) is 29.1 Å². The molecule has 0 aliphatic carbocycles. The van der Waals surface area contributed by atoms with E-state index in [0.29, 0.717) is 11.8 Å². The first-order valence-electron chi connectivity index (χ1n) is 5.49. The third kappa shape index (κ3) is 3.38. The lowest BCUT2D eigenvalue weighted by Crippen LogP contribution is -2.14. The molecule has 0 unspecified atom stereocenters. The highest BCUT2D eigenvalue weighted by Gasteiger charge is 2.12. The lowest BCUT2D eigenvalue weighted by molar-refractivity contribution is 0.102. The lowest BCUT2D eigenvalue weighted by Gasteiger charge is -2.07. The van der Waals surface area contributed by atoms with E-state index in [1.807, 2.05) is 13.0 Å². The Morgan fingerprint density at radius 2 is 1.89 bits per heavy atom. The maximum atomic E-state index is 13.5. The van der Waals surface area contributed by atoms with Gasteiger partial charge >= 0.3 is 0 Å². The van der Waals surface area contributed by atoms with E-state index in [9.17, 15) is 13.6 Å². The van der Waals surface area contributed by atoms with Crippen LogP contribution in [0.3, 0.4) is 0 Å². The van der Waals surface area contributed by atoms with E-state index in [1.165, 1.54) is 0 Å². The maximum Gasteiger partial charge on any atom is 0.258 e. The number of hydrogen-bond acceptors (Lipinski definition) is 1. The molecule has 2 aromatic carbocycles. The summed E-state index contributed by atoms with van der Waals surface area (Å²) in [4.78, 5) is 11.9. The summed E-state index contributed by atoms with van der Waals surface area (Å²) in [5.41, 5.74) is 1.30. The molecule has 0 aliphatic heterocycles. The van der Waals surface area contributed by atoms with Gasteiger partial charge in [0.05, 0.1) is 5.56 Å². The molecule has 0 radical (unpaired) electrons. The molecule has 0 saturated heterocycles. The van der Waals surface area contributed by atoms with E-state index < -0.39 is 17.5 Å². The Kier molecular flexibility index (Phi) is 3.95. The summed E-state index contributed by atoms with van der Waals surface area (Å²) in [7, 11) is 0. The van der Waals surface area contributed by atoms with Crippen LogP contribution in [0.25, 0.3) is 0 Å². The molecular formula is C14H10BrF2NO. The summed E-state index contributed by atoms with van der Waals surface area (Å²) in [6, 6.07) is 8.18. The van der Waals surface area contributed by atoms with Crippen LogP contribution in [0.4, 0.5) is 14.5 Å². The number of halogens is 3. The molecule has 2 rings (SSSR count). The molecule has 19 heavy (non-hydrogen) atoms. The molecule has 0 fully saturated rings. The van der Waals surface area contributed by atoms with Crippen molar-refractivity contribution in [2.45, 2.75) is 6.92 Å². The molecule has 5 heteroatoms. The van der Waals surface area contributed by atoms with Crippen molar-refractivity contribution in [3.63, 3.8) is 0 Å². The highest BCUT2D eigenvalue weighted by molar-refractivity contribution is 9.10. The van der Waals surface area contributed by atoms with Gasteiger partial charge in [-0.05, 0) is 42.8 Å². The van der Waals surface area contributed by atoms with Gasteiger partial charge in [-0.25, -0.2) is 8.78 Å². The molecule has 0 aliphatic rings. The summed E-state index contributed by atoms with van der Waals surface area (Å²) >= 11 is 3.31. The van der Waals surface area contributed by atoms with Crippen LogP contribution in [0, 0.1) is 18.6 Å². The van der Waals surface area contributed by atoms with Crippen LogP contribution in [0.15, 0.2) is 40.9 Å². The summed E-state index contributed by atoms with van der Waals surface area (Å²) in [5, 5.41) is 2.57. The van der Waals surface area contributed by atoms with Crippen LogP contribution in [0.5, 0.6) is 0 Å². The number of carbonyl (C=O) groups excluding carboxylic acids is 1. The van der Waals surface area contributed by atoms with Crippen molar-refractivity contribution >= 4 is 27.5 Å². The van der Waals surface area contributed by atoms with Gasteiger partial charge in [0.2, 0.25) is 0 Å². The first-order valence-corrected chi connectivity index (χ1v) is 6.28. The van der Waals surface area contributed by atoms with Gasteiger partial charge in [-0.15, -0.1) is 0 Å². The molecule has 98 valence electrons. The molecule has 0 saturated carbocycles. The smallest absolute Gasteiger partial charge is 0.258 e. The Morgan fingerprint density at radius 1 is 1.16 bits per heavy atom. The Bertz CT molecular complexity index is 623. The molecule has 1 N–H and O–H groups in total. The van der Waals surface area contributed by atoms with Gasteiger partial charge in [0, 0.05) is 16.2 Å². The predicted molar refractivity (Wildman–Crippen MR) is 73.2 cm³/mol. The van der Waals surface area contributed by atoms with Crippen molar-refractivity contribution in [3.8, 4) is 0 Å². The van der Waals surface area contributed by atoms with Crippen LogP contribution in [-0.4, -0.2) is 5.91 Å². The normalized spacial score (nSPS) is 10.3. The zero-order chi connectivity index (χ0) is 14.0. The van der Waals surface area contributed by atoms with Crippen molar-refractivity contribution in [1.29, 1.82) is 0 Å². The van der Waals surface area contributed by atoms with Crippen LogP contribution in [-0.2, 0) is 0 Å². The third-order valence-corrected chi connectivity index (χ3v) is 2.93. The highest BCUT2D eigenvalue weighted by atomic mass is 79.9. The van der Waals surface area contributed by atoms with E-state index in [-0.39, 0.29) is 5.56 Å². The van der Waals surface area contributed by atoms with Gasteiger partial charge in [0.1, 0.15) is 11.6 Å². The van der Waals surface area contributed by atoms with E-state index >= 15 is 0 Å². The van der Waals surface area contributed by atoms with Crippen LogP contribution < -0.4 is 5.32 Å². The van der Waals surface area contributed by atoms with E-state index in [1.54, 1.807) is 12.1 Å². The van der Waals surface area contributed by atoms with Gasteiger partial charge in [-0.2, -0.15) is 0 Å². The second-order valence-corrected chi connectivity index (χ2v) is 5.01. The van der Waals surface area contributed by atoms with Crippen molar-refractivity contribution in [2.75, 3.05) is 5.32 Å². The fourth-order valence-corrected chi connectivity index (χ4v) is 2.29. The van der Waals surface area contributed by atoms with Gasteiger partial charge in [-0.1, -0.05) is 15.9 Å². The molecule has 0 aromatic heterocycles. The second kappa shape index (κ2) is 5.48. The number of rotatable bonds is 2. The molecule has 0 atom stereocenters. The number of nitrogens with one attached hydrogen (secondary N) is 1. The summed E-state index contributed by atoms with van der Waals surface area (Å²) in [6.45, 7) is 1.87. The lowest BCUT2D eigenvalue weighted by atomic mass is 10.1. The average molecular weight is 326 g/mol. The Hall–Kier alpha value is -1.75.